The summed E-state index contributed by atoms with van der Waals surface area (Å²) < 4.78 is 0. The maximum atomic E-state index is 12.5. The Hall–Kier alpha value is -2.66. The van der Waals surface area contributed by atoms with E-state index in [1.807, 2.05) is 31.2 Å². The predicted octanol–water partition coefficient (Wildman–Crippen LogP) is 4.31. The monoisotopic (exact) mass is 381 g/mol. The summed E-state index contributed by atoms with van der Waals surface area (Å²) in [6, 6.07) is 15.1. The molecule has 0 fully saturated rings. The Bertz CT molecular complexity index is 785. The summed E-state index contributed by atoms with van der Waals surface area (Å²) in [5.74, 6) is -0.318. The van der Waals surface area contributed by atoms with Crippen LogP contribution in [0.1, 0.15) is 60.4 Å². The number of carbonyl (C=O) groups is 2. The zero-order valence-electron chi connectivity index (χ0n) is 17.3. The minimum absolute atomic E-state index is 0.132. The number of hydrogen-bond acceptors (Lipinski definition) is 3. The van der Waals surface area contributed by atoms with E-state index in [4.69, 9.17) is 0 Å². The first-order chi connectivity index (χ1) is 13.4. The van der Waals surface area contributed by atoms with E-state index in [0.29, 0.717) is 29.4 Å². The van der Waals surface area contributed by atoms with Crippen molar-refractivity contribution in [3.63, 3.8) is 0 Å². The van der Waals surface area contributed by atoms with Crippen LogP contribution in [-0.4, -0.2) is 35.8 Å². The van der Waals surface area contributed by atoms with Crippen molar-refractivity contribution >= 4 is 17.5 Å². The van der Waals surface area contributed by atoms with E-state index in [0.717, 1.165) is 19.5 Å². The Labute approximate surface area is 168 Å². The van der Waals surface area contributed by atoms with Crippen molar-refractivity contribution in [2.75, 3.05) is 18.4 Å². The van der Waals surface area contributed by atoms with E-state index < -0.39 is 0 Å². The van der Waals surface area contributed by atoms with Gasteiger partial charge in [-0.3, -0.25) is 14.5 Å². The molecule has 0 atom stereocenters. The number of nitrogens with zero attached hydrogens (tertiary/aromatic N) is 1. The number of carbonyl (C=O) groups excluding carboxylic acids is 2. The molecule has 0 heterocycles. The van der Waals surface area contributed by atoms with E-state index in [1.54, 1.807) is 24.3 Å². The Morgan fingerprint density at radius 2 is 1.68 bits per heavy atom. The molecule has 0 aromatic heterocycles. The zero-order chi connectivity index (χ0) is 20.5. The second-order valence-electron chi connectivity index (χ2n) is 7.14. The van der Waals surface area contributed by atoms with E-state index in [2.05, 4.69) is 36.3 Å². The van der Waals surface area contributed by atoms with Crippen molar-refractivity contribution in [3.8, 4) is 0 Å². The van der Waals surface area contributed by atoms with Crippen molar-refractivity contribution in [2.24, 2.45) is 0 Å². The van der Waals surface area contributed by atoms with Crippen LogP contribution in [0.2, 0.25) is 0 Å². The van der Waals surface area contributed by atoms with Gasteiger partial charge in [-0.2, -0.15) is 0 Å². The van der Waals surface area contributed by atoms with Gasteiger partial charge in [-0.25, -0.2) is 0 Å². The van der Waals surface area contributed by atoms with Gasteiger partial charge in [0.1, 0.15) is 0 Å². The van der Waals surface area contributed by atoms with Crippen molar-refractivity contribution in [1.29, 1.82) is 0 Å². The molecule has 150 valence electrons. The molecule has 5 heteroatoms. The first-order valence-corrected chi connectivity index (χ1v) is 9.97. The third kappa shape index (κ3) is 6.20. The van der Waals surface area contributed by atoms with Crippen LogP contribution in [0.25, 0.3) is 0 Å². The zero-order valence-corrected chi connectivity index (χ0v) is 17.3. The smallest absolute Gasteiger partial charge is 0.255 e. The number of benzene rings is 2. The molecule has 0 aliphatic heterocycles. The topological polar surface area (TPSA) is 61.4 Å². The van der Waals surface area contributed by atoms with Gasteiger partial charge >= 0.3 is 0 Å². The van der Waals surface area contributed by atoms with Gasteiger partial charge in [0.05, 0.1) is 0 Å². The van der Waals surface area contributed by atoms with Gasteiger partial charge < -0.3 is 10.6 Å². The van der Waals surface area contributed by atoms with Crippen LogP contribution in [0.15, 0.2) is 48.5 Å². The minimum Gasteiger partial charge on any atom is -0.352 e. The second kappa shape index (κ2) is 10.6. The van der Waals surface area contributed by atoms with Gasteiger partial charge in [0.15, 0.2) is 0 Å². The molecule has 0 spiro atoms. The normalized spacial score (nSPS) is 10.9. The van der Waals surface area contributed by atoms with E-state index in [1.165, 1.54) is 5.56 Å². The fourth-order valence-electron chi connectivity index (χ4n) is 2.94. The largest absolute Gasteiger partial charge is 0.352 e. The lowest BCUT2D eigenvalue weighted by molar-refractivity contribution is 0.0952. The first-order valence-electron chi connectivity index (χ1n) is 9.97. The van der Waals surface area contributed by atoms with Crippen molar-refractivity contribution in [3.05, 3.63) is 65.2 Å². The Balaban J connectivity index is 2.02. The number of anilines is 1. The molecule has 0 saturated heterocycles. The lowest BCUT2D eigenvalue weighted by Gasteiger charge is -2.24. The molecule has 2 aromatic carbocycles. The van der Waals surface area contributed by atoms with Crippen LogP contribution in [0, 0.1) is 0 Å². The highest BCUT2D eigenvalue weighted by Gasteiger charge is 2.11. The summed E-state index contributed by atoms with van der Waals surface area (Å²) in [5.41, 5.74) is 2.92. The predicted molar refractivity (Wildman–Crippen MR) is 115 cm³/mol. The molecule has 5 nitrogen and oxygen atoms in total. The summed E-state index contributed by atoms with van der Waals surface area (Å²) in [6.45, 7) is 11.0. The van der Waals surface area contributed by atoms with Crippen LogP contribution < -0.4 is 10.6 Å². The molecule has 2 amide bonds. The highest BCUT2D eigenvalue weighted by molar-refractivity contribution is 6.05. The Kier molecular flexibility index (Phi) is 8.20. The van der Waals surface area contributed by atoms with Gasteiger partial charge in [0.2, 0.25) is 0 Å². The maximum absolute atomic E-state index is 12.5. The second-order valence-corrected chi connectivity index (χ2v) is 7.14. The Morgan fingerprint density at radius 1 is 0.964 bits per heavy atom. The molecule has 0 bridgehead atoms. The van der Waals surface area contributed by atoms with Gasteiger partial charge in [0.25, 0.3) is 11.8 Å². The summed E-state index contributed by atoms with van der Waals surface area (Å²) >= 11 is 0. The van der Waals surface area contributed by atoms with Crippen molar-refractivity contribution in [2.45, 2.75) is 46.7 Å². The fraction of sp³-hybridized carbons (Fsp3) is 0.391. The average Bonchev–Trinajstić information content (AvgIpc) is 2.70. The van der Waals surface area contributed by atoms with Crippen molar-refractivity contribution in [1.82, 2.24) is 10.2 Å². The van der Waals surface area contributed by atoms with E-state index >= 15 is 0 Å². The quantitative estimate of drug-likeness (QED) is 0.680. The summed E-state index contributed by atoms with van der Waals surface area (Å²) in [4.78, 5) is 27.0. The van der Waals surface area contributed by atoms with Crippen LogP contribution in [0.4, 0.5) is 5.69 Å². The molecule has 2 rings (SSSR count). The maximum Gasteiger partial charge on any atom is 0.255 e. The van der Waals surface area contributed by atoms with Gasteiger partial charge in [0, 0.05) is 35.9 Å². The molecule has 0 aliphatic carbocycles. The lowest BCUT2D eigenvalue weighted by Crippen LogP contribution is -2.29. The third-order valence-electron chi connectivity index (χ3n) is 4.66. The molecule has 2 N–H and O–H groups in total. The summed E-state index contributed by atoms with van der Waals surface area (Å²) in [7, 11) is 0. The molecular weight excluding hydrogens is 350 g/mol. The highest BCUT2D eigenvalue weighted by atomic mass is 16.2. The molecule has 0 saturated carbocycles. The third-order valence-corrected chi connectivity index (χ3v) is 4.66. The van der Waals surface area contributed by atoms with Crippen LogP contribution in [0.3, 0.4) is 0 Å². The standard InChI is InChI=1S/C23H31N3O2/c1-5-14-24-22(27)20-8-7-9-21(15-20)25-23(28)19-12-10-18(11-13-19)16-26(6-2)17(3)4/h7-13,15,17H,5-6,14,16H2,1-4H3,(H,24,27)(H,25,28). The molecule has 0 aliphatic rings. The number of amides is 2. The number of hydrogen-bond donors (Lipinski definition) is 2. The first kappa shape index (κ1) is 21.6. The van der Waals surface area contributed by atoms with E-state index in [-0.39, 0.29) is 11.8 Å². The fourth-order valence-corrected chi connectivity index (χ4v) is 2.94. The van der Waals surface area contributed by atoms with Crippen molar-refractivity contribution < 1.29 is 9.59 Å². The molecule has 28 heavy (non-hydrogen) atoms. The number of rotatable bonds is 9. The van der Waals surface area contributed by atoms with Gasteiger partial charge in [-0.15, -0.1) is 0 Å². The molecular formula is C23H31N3O2. The Morgan fingerprint density at radius 3 is 2.29 bits per heavy atom. The van der Waals surface area contributed by atoms with Gasteiger partial charge in [-0.1, -0.05) is 32.0 Å². The summed E-state index contributed by atoms with van der Waals surface area (Å²) in [6.07, 6.45) is 0.880. The van der Waals surface area contributed by atoms with E-state index in [9.17, 15) is 9.59 Å². The van der Waals surface area contributed by atoms with Crippen LogP contribution in [0.5, 0.6) is 0 Å². The average molecular weight is 382 g/mol. The molecule has 2 aromatic rings. The van der Waals surface area contributed by atoms with Gasteiger partial charge in [-0.05, 0) is 62.7 Å². The number of nitrogens with one attached hydrogen (secondary N) is 2. The van der Waals surface area contributed by atoms with Crippen LogP contribution in [-0.2, 0) is 6.54 Å². The molecule has 0 unspecified atom stereocenters. The SMILES string of the molecule is CCCNC(=O)c1cccc(NC(=O)c2ccc(CN(CC)C(C)C)cc2)c1. The summed E-state index contributed by atoms with van der Waals surface area (Å²) in [5, 5.41) is 5.71. The minimum atomic E-state index is -0.186. The lowest BCUT2D eigenvalue weighted by atomic mass is 10.1. The highest BCUT2D eigenvalue weighted by Crippen LogP contribution is 2.14. The molecule has 0 radical (unpaired) electrons. The van der Waals surface area contributed by atoms with Crippen LogP contribution >= 0.6 is 0 Å².